The zero-order valence-electron chi connectivity index (χ0n) is 18.9. The van der Waals surface area contributed by atoms with Crippen LogP contribution in [0.1, 0.15) is 33.3 Å². The molecule has 1 N–H and O–H groups in total. The predicted octanol–water partition coefficient (Wildman–Crippen LogP) is 4.80. The molecule has 8 heteroatoms. The van der Waals surface area contributed by atoms with Gasteiger partial charge in [-0.15, -0.1) is 0 Å². The minimum Gasteiger partial charge on any atom is -0.492 e. The molecule has 0 spiro atoms. The molecule has 0 bridgehead atoms. The fourth-order valence-electron chi connectivity index (χ4n) is 2.66. The maximum atomic E-state index is 12.4. The van der Waals surface area contributed by atoms with Crippen molar-refractivity contribution in [3.8, 4) is 11.5 Å². The summed E-state index contributed by atoms with van der Waals surface area (Å²) < 4.78 is 21.8. The van der Waals surface area contributed by atoms with Gasteiger partial charge in [0, 0.05) is 11.4 Å². The first-order chi connectivity index (χ1) is 15.2. The summed E-state index contributed by atoms with van der Waals surface area (Å²) in [7, 11) is 0. The number of alkyl carbamates (subject to hydrolysis) is 1. The molecule has 0 aromatic heterocycles. The predicted molar refractivity (Wildman–Crippen MR) is 122 cm³/mol. The van der Waals surface area contributed by atoms with Gasteiger partial charge in [-0.2, -0.15) is 0 Å². The van der Waals surface area contributed by atoms with Crippen LogP contribution < -0.4 is 14.8 Å². The van der Waals surface area contributed by atoms with Gasteiger partial charge in [-0.3, -0.25) is 0 Å². The molecule has 32 heavy (non-hydrogen) atoms. The molecule has 0 aliphatic heterocycles. The number of amides is 1. The van der Waals surface area contributed by atoms with Crippen molar-refractivity contribution >= 4 is 23.7 Å². The fourth-order valence-corrected chi connectivity index (χ4v) is 2.78. The molecule has 0 saturated heterocycles. The van der Waals surface area contributed by atoms with E-state index in [4.69, 9.17) is 30.5 Å². The van der Waals surface area contributed by atoms with Crippen molar-refractivity contribution in [1.29, 1.82) is 0 Å². The third kappa shape index (κ3) is 9.47. The van der Waals surface area contributed by atoms with Gasteiger partial charge in [0.05, 0.1) is 13.2 Å². The molecule has 0 heterocycles. The van der Waals surface area contributed by atoms with Crippen molar-refractivity contribution in [1.82, 2.24) is 5.32 Å². The summed E-state index contributed by atoms with van der Waals surface area (Å²) in [4.78, 5) is 24.0. The highest BCUT2D eigenvalue weighted by molar-refractivity contribution is 6.30. The molecule has 2 aromatic carbocycles. The number of hydrogen-bond donors (Lipinski definition) is 1. The Morgan fingerprint density at radius 3 is 2.22 bits per heavy atom. The second kappa shape index (κ2) is 12.2. The quantitative estimate of drug-likeness (QED) is 0.402. The zero-order chi connectivity index (χ0) is 23.6. The Labute approximate surface area is 193 Å². The molecule has 0 aliphatic rings. The molecule has 0 saturated carbocycles. The van der Waals surface area contributed by atoms with Gasteiger partial charge in [0.2, 0.25) is 0 Å². The minimum absolute atomic E-state index is 0.267. The van der Waals surface area contributed by atoms with Crippen LogP contribution in [0.2, 0.25) is 5.02 Å². The van der Waals surface area contributed by atoms with Crippen LogP contribution in [0.15, 0.2) is 48.5 Å². The normalized spacial score (nSPS) is 11.9. The lowest BCUT2D eigenvalue weighted by atomic mass is 10.1. The first-order valence-corrected chi connectivity index (χ1v) is 10.8. The Kier molecular flexibility index (Phi) is 9.65. The Bertz CT molecular complexity index is 862. The zero-order valence-corrected chi connectivity index (χ0v) is 19.6. The summed E-state index contributed by atoms with van der Waals surface area (Å²) >= 11 is 5.91. The van der Waals surface area contributed by atoms with E-state index >= 15 is 0 Å². The van der Waals surface area contributed by atoms with Crippen LogP contribution in [0.4, 0.5) is 4.79 Å². The average molecular weight is 464 g/mol. The first-order valence-electron chi connectivity index (χ1n) is 10.4. The molecule has 1 amide bonds. The van der Waals surface area contributed by atoms with E-state index in [0.717, 1.165) is 5.56 Å². The Morgan fingerprint density at radius 1 is 1.00 bits per heavy atom. The number of benzene rings is 2. The Balaban J connectivity index is 1.88. The molecular weight excluding hydrogens is 434 g/mol. The number of carbonyl (C=O) groups is 2. The van der Waals surface area contributed by atoms with Crippen LogP contribution in [-0.4, -0.2) is 43.5 Å². The van der Waals surface area contributed by atoms with Gasteiger partial charge in [0.25, 0.3) is 0 Å². The third-order valence-corrected chi connectivity index (χ3v) is 4.28. The summed E-state index contributed by atoms with van der Waals surface area (Å²) in [6, 6.07) is 14.1. The average Bonchev–Trinajstić information content (AvgIpc) is 2.72. The maximum Gasteiger partial charge on any atom is 0.407 e. The largest absolute Gasteiger partial charge is 0.492 e. The van der Waals surface area contributed by atoms with Crippen molar-refractivity contribution in [2.45, 2.75) is 45.8 Å². The van der Waals surface area contributed by atoms with Crippen molar-refractivity contribution in [3.63, 3.8) is 0 Å². The number of halogens is 1. The number of hydrogen-bond acceptors (Lipinski definition) is 6. The van der Waals surface area contributed by atoms with E-state index in [1.807, 2.05) is 12.1 Å². The lowest BCUT2D eigenvalue weighted by Gasteiger charge is -2.19. The number of esters is 1. The van der Waals surface area contributed by atoms with Gasteiger partial charge in [0.1, 0.15) is 23.7 Å². The number of nitrogens with one attached hydrogen (secondary N) is 1. The van der Waals surface area contributed by atoms with Crippen LogP contribution in [0.25, 0.3) is 0 Å². The molecular formula is C24H30ClNO6. The summed E-state index contributed by atoms with van der Waals surface area (Å²) in [5.41, 5.74) is 0.343. The second-order valence-electron chi connectivity index (χ2n) is 7.94. The van der Waals surface area contributed by atoms with Crippen LogP contribution in [-0.2, 0) is 20.7 Å². The summed E-state index contributed by atoms with van der Waals surface area (Å²) in [6.07, 6.45) is -0.940. The summed E-state index contributed by atoms with van der Waals surface area (Å²) in [5, 5.41) is 3.22. The van der Waals surface area contributed by atoms with Gasteiger partial charge in [-0.25, -0.2) is 9.59 Å². The molecule has 1 unspecified atom stereocenters. The third-order valence-electron chi connectivity index (χ3n) is 4.02. The van der Waals surface area contributed by atoms with Gasteiger partial charge in [-0.05, 0) is 69.7 Å². The molecule has 174 valence electrons. The Morgan fingerprint density at radius 2 is 1.62 bits per heavy atom. The fraction of sp³-hybridized carbons (Fsp3) is 0.417. The highest BCUT2D eigenvalue weighted by atomic mass is 35.5. The van der Waals surface area contributed by atoms with Gasteiger partial charge in [0.15, 0.2) is 6.10 Å². The van der Waals surface area contributed by atoms with E-state index in [0.29, 0.717) is 36.1 Å². The summed E-state index contributed by atoms with van der Waals surface area (Å²) in [6.45, 7) is 8.04. The number of ether oxygens (including phenoxy) is 4. The van der Waals surface area contributed by atoms with Crippen molar-refractivity contribution < 1.29 is 28.5 Å². The van der Waals surface area contributed by atoms with Crippen molar-refractivity contribution in [3.05, 3.63) is 59.1 Å². The van der Waals surface area contributed by atoms with Crippen LogP contribution in [0.3, 0.4) is 0 Å². The van der Waals surface area contributed by atoms with E-state index in [2.05, 4.69) is 5.32 Å². The summed E-state index contributed by atoms with van der Waals surface area (Å²) in [5.74, 6) is 0.743. The molecule has 7 nitrogen and oxygen atoms in total. The van der Waals surface area contributed by atoms with E-state index in [9.17, 15) is 9.59 Å². The molecule has 0 radical (unpaired) electrons. The van der Waals surface area contributed by atoms with E-state index in [1.165, 1.54) is 0 Å². The number of carbonyl (C=O) groups excluding carboxylic acids is 2. The van der Waals surface area contributed by atoms with Gasteiger partial charge < -0.3 is 24.3 Å². The van der Waals surface area contributed by atoms with Crippen LogP contribution in [0.5, 0.6) is 11.5 Å². The highest BCUT2D eigenvalue weighted by Crippen LogP contribution is 2.20. The van der Waals surface area contributed by atoms with Crippen LogP contribution in [0, 0.1) is 0 Å². The second-order valence-corrected chi connectivity index (χ2v) is 8.37. The minimum atomic E-state index is -0.791. The number of rotatable bonds is 10. The standard InChI is InChI=1S/C24H30ClNO6/c1-5-29-22(27)21(31-20-12-8-18(25)9-13-20)16-17-6-10-19(11-7-17)30-15-14-26-23(28)32-24(2,3)4/h6-13,21H,5,14-16H2,1-4H3,(H,26,28). The monoisotopic (exact) mass is 463 g/mol. The van der Waals surface area contributed by atoms with E-state index in [-0.39, 0.29) is 6.61 Å². The van der Waals surface area contributed by atoms with Crippen molar-refractivity contribution in [2.24, 2.45) is 0 Å². The van der Waals surface area contributed by atoms with Crippen LogP contribution >= 0.6 is 11.6 Å². The lowest BCUT2D eigenvalue weighted by Crippen LogP contribution is -2.34. The van der Waals surface area contributed by atoms with Crippen molar-refractivity contribution in [2.75, 3.05) is 19.8 Å². The molecule has 2 aromatic rings. The van der Waals surface area contributed by atoms with E-state index in [1.54, 1.807) is 64.1 Å². The molecule has 0 fully saturated rings. The SMILES string of the molecule is CCOC(=O)C(Cc1ccc(OCCNC(=O)OC(C)(C)C)cc1)Oc1ccc(Cl)cc1. The smallest absolute Gasteiger partial charge is 0.407 e. The van der Waals surface area contributed by atoms with E-state index < -0.39 is 23.8 Å². The Hall–Kier alpha value is -2.93. The molecule has 1 atom stereocenters. The lowest BCUT2D eigenvalue weighted by molar-refractivity contribution is -0.151. The molecule has 0 aliphatic carbocycles. The van der Waals surface area contributed by atoms with Gasteiger partial charge >= 0.3 is 12.1 Å². The first kappa shape index (κ1) is 25.3. The molecule has 2 rings (SSSR count). The van der Waals surface area contributed by atoms with Gasteiger partial charge in [-0.1, -0.05) is 23.7 Å². The highest BCUT2D eigenvalue weighted by Gasteiger charge is 2.22. The topological polar surface area (TPSA) is 83.1 Å². The maximum absolute atomic E-state index is 12.4.